The zero-order chi connectivity index (χ0) is 12.3. The zero-order valence-corrected chi connectivity index (χ0v) is 10.2. The monoisotopic (exact) mass is 233 g/mol. The van der Waals surface area contributed by atoms with Crippen LogP contribution in [-0.2, 0) is 22.4 Å². The van der Waals surface area contributed by atoms with Gasteiger partial charge >= 0.3 is 0 Å². The first-order valence-corrected chi connectivity index (χ1v) is 6.22. The second-order valence-corrected chi connectivity index (χ2v) is 4.57. The number of hydrogen-bond donors (Lipinski definition) is 1. The van der Waals surface area contributed by atoms with Crippen molar-refractivity contribution < 1.29 is 9.53 Å². The van der Waals surface area contributed by atoms with Crippen LogP contribution in [0.1, 0.15) is 42.6 Å². The zero-order valence-electron chi connectivity index (χ0n) is 10.2. The lowest BCUT2D eigenvalue weighted by Crippen LogP contribution is -2.18. The Balaban J connectivity index is 2.23. The molecule has 0 fully saturated rings. The summed E-state index contributed by atoms with van der Waals surface area (Å²) in [4.78, 5) is 10.9. The number of amides is 1. The summed E-state index contributed by atoms with van der Waals surface area (Å²) in [6, 6.07) is 6.18. The van der Waals surface area contributed by atoms with Crippen molar-refractivity contribution in [2.75, 3.05) is 6.61 Å². The largest absolute Gasteiger partial charge is 0.373 e. The Morgan fingerprint density at radius 1 is 1.53 bits per heavy atom. The summed E-state index contributed by atoms with van der Waals surface area (Å²) < 4.78 is 5.77. The van der Waals surface area contributed by atoms with Crippen molar-refractivity contribution in [3.8, 4) is 0 Å². The Morgan fingerprint density at radius 2 is 2.35 bits per heavy atom. The summed E-state index contributed by atoms with van der Waals surface area (Å²) in [5.41, 5.74) is 8.82. The van der Waals surface area contributed by atoms with E-state index in [9.17, 15) is 4.79 Å². The molecule has 2 N–H and O–H groups in total. The quantitative estimate of drug-likeness (QED) is 0.866. The van der Waals surface area contributed by atoms with Crippen molar-refractivity contribution >= 4 is 5.91 Å². The van der Waals surface area contributed by atoms with E-state index in [0.717, 1.165) is 31.4 Å². The molecule has 17 heavy (non-hydrogen) atoms. The van der Waals surface area contributed by atoms with E-state index >= 15 is 0 Å². The molecule has 1 amide bonds. The van der Waals surface area contributed by atoms with Gasteiger partial charge in [-0.3, -0.25) is 4.79 Å². The van der Waals surface area contributed by atoms with Crippen molar-refractivity contribution in [2.24, 2.45) is 5.73 Å². The smallest absolute Gasteiger partial charge is 0.221 e. The maximum absolute atomic E-state index is 10.9. The van der Waals surface area contributed by atoms with Gasteiger partial charge in [-0.1, -0.05) is 31.5 Å². The van der Waals surface area contributed by atoms with E-state index in [-0.39, 0.29) is 12.0 Å². The fourth-order valence-electron chi connectivity index (χ4n) is 2.40. The minimum absolute atomic E-state index is 0.228. The third-order valence-corrected chi connectivity index (χ3v) is 3.17. The molecule has 0 aliphatic carbocycles. The molecule has 2 rings (SSSR count). The van der Waals surface area contributed by atoms with E-state index in [2.05, 4.69) is 19.1 Å². The molecule has 0 saturated heterocycles. The van der Waals surface area contributed by atoms with Gasteiger partial charge in [0.2, 0.25) is 5.91 Å². The van der Waals surface area contributed by atoms with Gasteiger partial charge < -0.3 is 10.5 Å². The number of rotatable bonds is 4. The molecule has 1 heterocycles. The van der Waals surface area contributed by atoms with Gasteiger partial charge in [-0.15, -0.1) is 0 Å². The fourth-order valence-corrected chi connectivity index (χ4v) is 2.40. The van der Waals surface area contributed by atoms with Crippen molar-refractivity contribution in [2.45, 2.75) is 38.7 Å². The number of hydrogen-bond acceptors (Lipinski definition) is 2. The van der Waals surface area contributed by atoms with Gasteiger partial charge in [-0.25, -0.2) is 0 Å². The van der Waals surface area contributed by atoms with Gasteiger partial charge in [-0.2, -0.15) is 0 Å². The van der Waals surface area contributed by atoms with Crippen LogP contribution in [0.5, 0.6) is 0 Å². The number of ether oxygens (including phenoxy) is 1. The Kier molecular flexibility index (Phi) is 3.79. The predicted octanol–water partition coefficient (Wildman–Crippen LogP) is 2.13. The van der Waals surface area contributed by atoms with Crippen LogP contribution in [-0.4, -0.2) is 12.5 Å². The van der Waals surface area contributed by atoms with Crippen LogP contribution in [0, 0.1) is 0 Å². The van der Waals surface area contributed by atoms with Gasteiger partial charge in [0.25, 0.3) is 0 Å². The topological polar surface area (TPSA) is 52.3 Å². The van der Waals surface area contributed by atoms with Gasteiger partial charge in [-0.05, 0) is 29.5 Å². The molecule has 1 aliphatic rings. The second kappa shape index (κ2) is 5.32. The van der Waals surface area contributed by atoms with Gasteiger partial charge in [0.05, 0.1) is 19.1 Å². The standard InChI is InChI=1S/C14H19NO2/c1-2-3-13-12-5-4-10(9-14(15)16)8-11(12)6-7-17-13/h4-5,8,13H,2-3,6-7,9H2,1H3,(H2,15,16). The minimum Gasteiger partial charge on any atom is -0.373 e. The molecule has 0 saturated carbocycles. The van der Waals surface area contributed by atoms with Crippen molar-refractivity contribution in [3.05, 3.63) is 34.9 Å². The molecule has 3 nitrogen and oxygen atoms in total. The molecule has 1 atom stereocenters. The van der Waals surface area contributed by atoms with Crippen molar-refractivity contribution in [3.63, 3.8) is 0 Å². The van der Waals surface area contributed by atoms with Crippen molar-refractivity contribution in [1.82, 2.24) is 0 Å². The van der Waals surface area contributed by atoms with Crippen LogP contribution in [0.15, 0.2) is 18.2 Å². The van der Waals surface area contributed by atoms with Crippen LogP contribution in [0.2, 0.25) is 0 Å². The summed E-state index contributed by atoms with van der Waals surface area (Å²) in [5, 5.41) is 0. The lowest BCUT2D eigenvalue weighted by Gasteiger charge is -2.26. The van der Waals surface area contributed by atoms with E-state index in [1.165, 1.54) is 11.1 Å². The highest BCUT2D eigenvalue weighted by molar-refractivity contribution is 5.76. The third-order valence-electron chi connectivity index (χ3n) is 3.17. The molecule has 92 valence electrons. The summed E-state index contributed by atoms with van der Waals surface area (Å²) in [5.74, 6) is -0.276. The molecule has 1 aromatic carbocycles. The average molecular weight is 233 g/mol. The molecular formula is C14H19NO2. The first-order chi connectivity index (χ1) is 8.20. The second-order valence-electron chi connectivity index (χ2n) is 4.57. The van der Waals surface area contributed by atoms with Crippen LogP contribution in [0.3, 0.4) is 0 Å². The number of carbonyl (C=O) groups is 1. The highest BCUT2D eigenvalue weighted by Crippen LogP contribution is 2.31. The maximum atomic E-state index is 10.9. The number of fused-ring (bicyclic) bond motifs is 1. The number of primary amides is 1. The Morgan fingerprint density at radius 3 is 3.06 bits per heavy atom. The van der Waals surface area contributed by atoms with Gasteiger partial charge in [0.15, 0.2) is 0 Å². The van der Waals surface area contributed by atoms with E-state index in [4.69, 9.17) is 10.5 Å². The summed E-state index contributed by atoms with van der Waals surface area (Å²) in [7, 11) is 0. The molecule has 1 aliphatic heterocycles. The molecular weight excluding hydrogens is 214 g/mol. The molecule has 1 unspecified atom stereocenters. The highest BCUT2D eigenvalue weighted by atomic mass is 16.5. The van der Waals surface area contributed by atoms with Crippen LogP contribution >= 0.6 is 0 Å². The van der Waals surface area contributed by atoms with Gasteiger partial charge in [0, 0.05) is 0 Å². The lowest BCUT2D eigenvalue weighted by molar-refractivity contribution is -0.117. The van der Waals surface area contributed by atoms with Crippen LogP contribution in [0.25, 0.3) is 0 Å². The number of nitrogens with two attached hydrogens (primary N) is 1. The van der Waals surface area contributed by atoms with E-state index in [1.807, 2.05) is 6.07 Å². The summed E-state index contributed by atoms with van der Waals surface area (Å²) in [6.07, 6.45) is 3.66. The Labute approximate surface area is 102 Å². The van der Waals surface area contributed by atoms with Gasteiger partial charge in [0.1, 0.15) is 0 Å². The van der Waals surface area contributed by atoms with E-state index in [0.29, 0.717) is 6.42 Å². The molecule has 3 heteroatoms. The predicted molar refractivity (Wildman–Crippen MR) is 66.6 cm³/mol. The SMILES string of the molecule is CCCC1OCCc2cc(CC(N)=O)ccc21. The molecule has 0 bridgehead atoms. The van der Waals surface area contributed by atoms with Crippen molar-refractivity contribution in [1.29, 1.82) is 0 Å². The molecule has 0 spiro atoms. The number of carbonyl (C=O) groups excluding carboxylic acids is 1. The first kappa shape index (κ1) is 12.1. The van der Waals surface area contributed by atoms with E-state index in [1.54, 1.807) is 0 Å². The summed E-state index contributed by atoms with van der Waals surface area (Å²) >= 11 is 0. The molecule has 0 aromatic heterocycles. The Bertz CT molecular complexity index is 415. The number of benzene rings is 1. The normalized spacial score (nSPS) is 18.8. The maximum Gasteiger partial charge on any atom is 0.221 e. The molecule has 0 radical (unpaired) electrons. The molecule has 1 aromatic rings. The minimum atomic E-state index is -0.276. The fraction of sp³-hybridized carbons (Fsp3) is 0.500. The summed E-state index contributed by atoms with van der Waals surface area (Å²) in [6.45, 7) is 2.94. The first-order valence-electron chi connectivity index (χ1n) is 6.22. The van der Waals surface area contributed by atoms with E-state index < -0.39 is 0 Å². The Hall–Kier alpha value is -1.35. The third kappa shape index (κ3) is 2.86. The van der Waals surface area contributed by atoms with Crippen LogP contribution in [0.4, 0.5) is 0 Å². The van der Waals surface area contributed by atoms with Crippen LogP contribution < -0.4 is 5.73 Å². The highest BCUT2D eigenvalue weighted by Gasteiger charge is 2.20. The average Bonchev–Trinajstić information content (AvgIpc) is 2.28. The lowest BCUT2D eigenvalue weighted by atomic mass is 9.92.